The van der Waals surface area contributed by atoms with Crippen molar-refractivity contribution in [2.24, 2.45) is 5.10 Å². The molecule has 1 aliphatic heterocycles. The third-order valence-electron chi connectivity index (χ3n) is 2.98. The Balaban J connectivity index is 2.41. The van der Waals surface area contributed by atoms with E-state index in [-0.39, 0.29) is 5.91 Å². The van der Waals surface area contributed by atoms with E-state index < -0.39 is 5.72 Å². The van der Waals surface area contributed by atoms with Crippen molar-refractivity contribution in [3.63, 3.8) is 0 Å². The standard InChI is InChI=1S/C13H16N2O2/c1-3-12-9-13(17,15(14-12)10(2)16)11-7-5-4-6-8-11/h4-8,17H,3,9H2,1-2H3. The Morgan fingerprint density at radius 3 is 2.65 bits per heavy atom. The first kappa shape index (κ1) is 11.8. The quantitative estimate of drug-likeness (QED) is 0.846. The zero-order valence-corrected chi connectivity index (χ0v) is 10.1. The molecule has 4 heteroatoms. The van der Waals surface area contributed by atoms with E-state index in [0.717, 1.165) is 12.1 Å². The summed E-state index contributed by atoms with van der Waals surface area (Å²) in [4.78, 5) is 11.6. The smallest absolute Gasteiger partial charge is 0.242 e. The van der Waals surface area contributed by atoms with Crippen LogP contribution < -0.4 is 0 Å². The number of hydrazone groups is 1. The van der Waals surface area contributed by atoms with Gasteiger partial charge in [0.05, 0.1) is 0 Å². The van der Waals surface area contributed by atoms with Crippen LogP contribution in [-0.4, -0.2) is 21.7 Å². The molecule has 1 amide bonds. The van der Waals surface area contributed by atoms with Gasteiger partial charge < -0.3 is 5.11 Å². The molecule has 0 aliphatic carbocycles. The van der Waals surface area contributed by atoms with Crippen LogP contribution >= 0.6 is 0 Å². The minimum absolute atomic E-state index is 0.250. The first-order chi connectivity index (χ1) is 8.08. The molecule has 1 aliphatic rings. The first-order valence-corrected chi connectivity index (χ1v) is 5.73. The maximum atomic E-state index is 11.6. The van der Waals surface area contributed by atoms with Gasteiger partial charge in [-0.3, -0.25) is 4.79 Å². The number of aliphatic hydroxyl groups is 1. The largest absolute Gasteiger partial charge is 0.365 e. The second kappa shape index (κ2) is 4.30. The Morgan fingerprint density at radius 2 is 2.12 bits per heavy atom. The minimum Gasteiger partial charge on any atom is -0.365 e. The lowest BCUT2D eigenvalue weighted by Gasteiger charge is -2.30. The number of hydrogen-bond donors (Lipinski definition) is 1. The number of rotatable bonds is 2. The van der Waals surface area contributed by atoms with Crippen molar-refractivity contribution in [3.8, 4) is 0 Å². The van der Waals surface area contributed by atoms with Crippen LogP contribution in [0.25, 0.3) is 0 Å². The zero-order valence-electron chi connectivity index (χ0n) is 10.1. The summed E-state index contributed by atoms with van der Waals surface area (Å²) in [5.74, 6) is -0.250. The second-order valence-corrected chi connectivity index (χ2v) is 4.21. The third kappa shape index (κ3) is 1.96. The lowest BCUT2D eigenvalue weighted by molar-refractivity contribution is -0.155. The van der Waals surface area contributed by atoms with Crippen LogP contribution in [0.15, 0.2) is 35.4 Å². The van der Waals surface area contributed by atoms with Gasteiger partial charge in [-0.1, -0.05) is 37.3 Å². The maximum absolute atomic E-state index is 11.6. The van der Waals surface area contributed by atoms with Gasteiger partial charge in [-0.25, -0.2) is 0 Å². The summed E-state index contributed by atoms with van der Waals surface area (Å²) >= 11 is 0. The Kier molecular flexibility index (Phi) is 2.98. The molecule has 1 heterocycles. The van der Waals surface area contributed by atoms with Crippen molar-refractivity contribution in [2.75, 3.05) is 0 Å². The SMILES string of the molecule is CCC1=NN(C(C)=O)C(O)(c2ccccc2)C1. The van der Waals surface area contributed by atoms with Crippen molar-refractivity contribution in [3.05, 3.63) is 35.9 Å². The van der Waals surface area contributed by atoms with Crippen LogP contribution in [0, 0.1) is 0 Å². The van der Waals surface area contributed by atoms with Gasteiger partial charge in [-0.15, -0.1) is 0 Å². The van der Waals surface area contributed by atoms with Crippen molar-refractivity contribution in [2.45, 2.75) is 32.4 Å². The molecule has 1 aromatic carbocycles. The fourth-order valence-corrected chi connectivity index (χ4v) is 2.07. The number of carbonyl (C=O) groups excluding carboxylic acids is 1. The van der Waals surface area contributed by atoms with Gasteiger partial charge in [-0.2, -0.15) is 10.1 Å². The minimum atomic E-state index is -1.32. The fraction of sp³-hybridized carbons (Fsp3) is 0.385. The summed E-state index contributed by atoms with van der Waals surface area (Å²) in [6, 6.07) is 9.18. The van der Waals surface area contributed by atoms with E-state index >= 15 is 0 Å². The molecule has 1 N–H and O–H groups in total. The van der Waals surface area contributed by atoms with Crippen LogP contribution in [0.2, 0.25) is 0 Å². The molecule has 0 radical (unpaired) electrons. The summed E-state index contributed by atoms with van der Waals surface area (Å²) in [5, 5.41) is 16.1. The van der Waals surface area contributed by atoms with Crippen molar-refractivity contribution < 1.29 is 9.90 Å². The van der Waals surface area contributed by atoms with Crippen molar-refractivity contribution in [1.82, 2.24) is 5.01 Å². The monoisotopic (exact) mass is 232 g/mol. The Bertz CT molecular complexity index is 456. The van der Waals surface area contributed by atoms with E-state index in [0.29, 0.717) is 12.0 Å². The van der Waals surface area contributed by atoms with E-state index in [4.69, 9.17) is 0 Å². The Labute approximate surface area is 101 Å². The van der Waals surface area contributed by atoms with Gasteiger partial charge >= 0.3 is 0 Å². The predicted octanol–water partition coefficient (Wildman–Crippen LogP) is 1.85. The second-order valence-electron chi connectivity index (χ2n) is 4.21. The van der Waals surface area contributed by atoms with Crippen molar-refractivity contribution in [1.29, 1.82) is 0 Å². The van der Waals surface area contributed by atoms with Gasteiger partial charge in [0.2, 0.25) is 5.91 Å². The number of carbonyl (C=O) groups is 1. The molecule has 1 unspecified atom stereocenters. The highest BCUT2D eigenvalue weighted by molar-refractivity contribution is 5.90. The molecule has 1 aromatic rings. The molecule has 0 aromatic heterocycles. The summed E-state index contributed by atoms with van der Waals surface area (Å²) in [6.45, 7) is 3.38. The van der Waals surface area contributed by atoms with E-state index in [2.05, 4.69) is 5.10 Å². The highest BCUT2D eigenvalue weighted by Crippen LogP contribution is 2.35. The number of hydrogen-bond acceptors (Lipinski definition) is 3. The van der Waals surface area contributed by atoms with E-state index in [9.17, 15) is 9.90 Å². The number of nitrogens with zero attached hydrogens (tertiary/aromatic N) is 2. The Morgan fingerprint density at radius 1 is 1.47 bits per heavy atom. The van der Waals surface area contributed by atoms with E-state index in [1.807, 2.05) is 37.3 Å². The van der Waals surface area contributed by atoms with Crippen LogP contribution in [0.1, 0.15) is 32.3 Å². The lowest BCUT2D eigenvalue weighted by atomic mass is 9.96. The zero-order chi connectivity index (χ0) is 12.5. The highest BCUT2D eigenvalue weighted by Gasteiger charge is 2.43. The van der Waals surface area contributed by atoms with Gasteiger partial charge in [0.15, 0.2) is 5.72 Å². The fourth-order valence-electron chi connectivity index (χ4n) is 2.07. The molecular weight excluding hydrogens is 216 g/mol. The number of amides is 1. The molecule has 2 rings (SSSR count). The van der Waals surface area contributed by atoms with Crippen molar-refractivity contribution >= 4 is 11.6 Å². The van der Waals surface area contributed by atoms with Crippen LogP contribution in [0.3, 0.4) is 0 Å². The molecular formula is C13H16N2O2. The molecule has 4 nitrogen and oxygen atoms in total. The van der Waals surface area contributed by atoms with E-state index in [1.165, 1.54) is 11.9 Å². The lowest BCUT2D eigenvalue weighted by Crippen LogP contribution is -2.42. The highest BCUT2D eigenvalue weighted by atomic mass is 16.3. The molecule has 1 atom stereocenters. The average Bonchev–Trinajstić information content (AvgIpc) is 2.69. The van der Waals surface area contributed by atoms with Crippen LogP contribution in [0.5, 0.6) is 0 Å². The summed E-state index contributed by atoms with van der Waals surface area (Å²) in [5.41, 5.74) is 0.215. The van der Waals surface area contributed by atoms with Gasteiger partial charge in [-0.05, 0) is 6.42 Å². The summed E-state index contributed by atoms with van der Waals surface area (Å²) in [6.07, 6.45) is 1.12. The molecule has 0 spiro atoms. The Hall–Kier alpha value is -1.68. The average molecular weight is 232 g/mol. The van der Waals surface area contributed by atoms with Crippen LogP contribution in [0.4, 0.5) is 0 Å². The summed E-state index contributed by atoms with van der Waals surface area (Å²) < 4.78 is 0. The predicted molar refractivity (Wildman–Crippen MR) is 65.2 cm³/mol. The first-order valence-electron chi connectivity index (χ1n) is 5.73. The van der Waals surface area contributed by atoms with Gasteiger partial charge in [0.25, 0.3) is 0 Å². The van der Waals surface area contributed by atoms with E-state index in [1.54, 1.807) is 0 Å². The molecule has 90 valence electrons. The molecule has 0 bridgehead atoms. The topological polar surface area (TPSA) is 52.9 Å². The van der Waals surface area contributed by atoms with Crippen LogP contribution in [-0.2, 0) is 10.5 Å². The van der Waals surface area contributed by atoms with Gasteiger partial charge in [0, 0.05) is 24.6 Å². The molecule has 17 heavy (non-hydrogen) atoms. The normalized spacial score (nSPS) is 23.7. The molecule has 0 saturated carbocycles. The maximum Gasteiger partial charge on any atom is 0.242 e. The molecule has 0 saturated heterocycles. The third-order valence-corrected chi connectivity index (χ3v) is 2.98. The molecule has 0 fully saturated rings. The van der Waals surface area contributed by atoms with Gasteiger partial charge in [0.1, 0.15) is 0 Å². The number of benzene rings is 1. The summed E-state index contributed by atoms with van der Waals surface area (Å²) in [7, 11) is 0.